The fraction of sp³-hybridized carbons (Fsp3) is 0.250. The number of benzene rings is 1. The average Bonchev–Trinajstić information content (AvgIpc) is 3.13. The van der Waals surface area contributed by atoms with E-state index in [1.807, 2.05) is 49.6 Å². The molecule has 0 radical (unpaired) electrons. The molecule has 0 saturated carbocycles. The number of carbonyl (C=O) groups is 1. The Bertz CT molecular complexity index is 1000. The van der Waals surface area contributed by atoms with Gasteiger partial charge in [-0.25, -0.2) is 4.68 Å². The van der Waals surface area contributed by atoms with Crippen molar-refractivity contribution in [1.82, 2.24) is 9.78 Å². The molecule has 0 aliphatic heterocycles. The van der Waals surface area contributed by atoms with Crippen LogP contribution < -0.4 is 10.9 Å². The monoisotopic (exact) mass is 367 g/mol. The molecule has 1 N–H and O–H groups in total. The Morgan fingerprint density at radius 2 is 1.88 bits per heavy atom. The Morgan fingerprint density at radius 3 is 2.58 bits per heavy atom. The number of aromatic nitrogens is 2. The van der Waals surface area contributed by atoms with E-state index in [0.717, 1.165) is 21.7 Å². The lowest BCUT2D eigenvalue weighted by molar-refractivity contribution is -0.123. The molecule has 0 aliphatic carbocycles. The number of rotatable bonds is 4. The molecule has 3 aromatic rings. The predicted molar refractivity (Wildman–Crippen MR) is 106 cm³/mol. The largest absolute Gasteiger partial charge is 0.324 e. The van der Waals surface area contributed by atoms with Crippen molar-refractivity contribution in [2.45, 2.75) is 33.2 Å². The smallest absolute Gasteiger partial charge is 0.267 e. The summed E-state index contributed by atoms with van der Waals surface area (Å²) in [4.78, 5) is 26.3. The summed E-state index contributed by atoms with van der Waals surface area (Å²) in [5.41, 5.74) is 2.06. The maximum Gasteiger partial charge on any atom is 0.267 e. The number of aryl methyl sites for hydroxylation is 1. The molecule has 2 aromatic heterocycles. The van der Waals surface area contributed by atoms with Crippen LogP contribution in [0.15, 0.2) is 52.6 Å². The SMILES string of the molecule is Cc1cccc(NC(=O)C(C)(C)n2nc(-c3cccs3)ccc2=O)c1C. The van der Waals surface area contributed by atoms with E-state index in [1.54, 1.807) is 19.9 Å². The van der Waals surface area contributed by atoms with Crippen LogP contribution in [0.4, 0.5) is 5.69 Å². The van der Waals surface area contributed by atoms with Crippen molar-refractivity contribution < 1.29 is 4.79 Å². The first-order valence-electron chi connectivity index (χ1n) is 8.33. The topological polar surface area (TPSA) is 64.0 Å². The van der Waals surface area contributed by atoms with Gasteiger partial charge in [0.2, 0.25) is 0 Å². The minimum atomic E-state index is -1.14. The molecule has 26 heavy (non-hydrogen) atoms. The van der Waals surface area contributed by atoms with Crippen LogP contribution in [0.2, 0.25) is 0 Å². The van der Waals surface area contributed by atoms with Crippen molar-refractivity contribution in [3.8, 4) is 10.6 Å². The van der Waals surface area contributed by atoms with E-state index in [4.69, 9.17) is 0 Å². The van der Waals surface area contributed by atoms with Crippen LogP contribution in [0.25, 0.3) is 10.6 Å². The first-order valence-corrected chi connectivity index (χ1v) is 9.21. The van der Waals surface area contributed by atoms with Gasteiger partial charge in [-0.05, 0) is 62.4 Å². The van der Waals surface area contributed by atoms with E-state index in [1.165, 1.54) is 22.1 Å². The Morgan fingerprint density at radius 1 is 1.12 bits per heavy atom. The van der Waals surface area contributed by atoms with Gasteiger partial charge in [0.05, 0.1) is 4.88 Å². The average molecular weight is 367 g/mol. The van der Waals surface area contributed by atoms with Gasteiger partial charge in [-0.2, -0.15) is 5.10 Å². The van der Waals surface area contributed by atoms with Crippen molar-refractivity contribution in [2.24, 2.45) is 0 Å². The van der Waals surface area contributed by atoms with Crippen molar-refractivity contribution in [3.05, 3.63) is 69.3 Å². The van der Waals surface area contributed by atoms with Gasteiger partial charge in [-0.1, -0.05) is 18.2 Å². The summed E-state index contributed by atoms with van der Waals surface area (Å²) in [5, 5.41) is 9.33. The quantitative estimate of drug-likeness (QED) is 0.759. The minimum Gasteiger partial charge on any atom is -0.324 e. The molecule has 0 saturated heterocycles. The molecular formula is C20H21N3O2S. The Balaban J connectivity index is 1.97. The van der Waals surface area contributed by atoms with Gasteiger partial charge in [0.1, 0.15) is 11.2 Å². The lowest BCUT2D eigenvalue weighted by Gasteiger charge is -2.26. The second kappa shape index (κ2) is 6.88. The van der Waals surface area contributed by atoms with Crippen molar-refractivity contribution in [2.75, 3.05) is 5.32 Å². The lowest BCUT2D eigenvalue weighted by Crippen LogP contribution is -2.47. The molecule has 5 nitrogen and oxygen atoms in total. The first kappa shape index (κ1) is 18.1. The number of hydrogen-bond acceptors (Lipinski definition) is 4. The van der Waals surface area contributed by atoms with Gasteiger partial charge in [-0.3, -0.25) is 9.59 Å². The highest BCUT2D eigenvalue weighted by atomic mass is 32.1. The summed E-state index contributed by atoms with van der Waals surface area (Å²) in [6.45, 7) is 7.34. The standard InChI is InChI=1S/C20H21N3O2S/c1-13-7-5-8-15(14(13)2)21-19(25)20(3,4)23-18(24)11-10-16(22-23)17-9-6-12-26-17/h5-12H,1-4H3,(H,21,25). The number of hydrogen-bond donors (Lipinski definition) is 1. The highest BCUT2D eigenvalue weighted by molar-refractivity contribution is 7.13. The third kappa shape index (κ3) is 3.32. The molecule has 6 heteroatoms. The highest BCUT2D eigenvalue weighted by Gasteiger charge is 2.32. The zero-order valence-electron chi connectivity index (χ0n) is 15.2. The summed E-state index contributed by atoms with van der Waals surface area (Å²) >= 11 is 1.54. The van der Waals surface area contributed by atoms with Crippen molar-refractivity contribution >= 4 is 22.9 Å². The fourth-order valence-electron chi connectivity index (χ4n) is 2.63. The van der Waals surface area contributed by atoms with Gasteiger partial charge in [-0.15, -0.1) is 11.3 Å². The molecule has 1 aromatic carbocycles. The van der Waals surface area contributed by atoms with Crippen molar-refractivity contribution in [3.63, 3.8) is 0 Å². The van der Waals surface area contributed by atoms with Crippen LogP contribution >= 0.6 is 11.3 Å². The van der Waals surface area contributed by atoms with Crippen LogP contribution in [-0.4, -0.2) is 15.7 Å². The van der Waals surface area contributed by atoms with E-state index in [2.05, 4.69) is 10.4 Å². The predicted octanol–water partition coefficient (Wildman–Crippen LogP) is 3.96. The number of nitrogens with zero attached hydrogens (tertiary/aromatic N) is 2. The number of amides is 1. The third-order valence-electron chi connectivity index (χ3n) is 4.51. The zero-order valence-corrected chi connectivity index (χ0v) is 16.1. The summed E-state index contributed by atoms with van der Waals surface area (Å²) in [5.74, 6) is -0.288. The molecule has 2 heterocycles. The number of thiophene rings is 1. The summed E-state index contributed by atoms with van der Waals surface area (Å²) in [6.07, 6.45) is 0. The van der Waals surface area contributed by atoms with Gasteiger partial charge in [0, 0.05) is 11.8 Å². The second-order valence-corrected chi connectivity index (χ2v) is 7.65. The normalized spacial score (nSPS) is 11.4. The van der Waals surface area contributed by atoms with Crippen LogP contribution in [-0.2, 0) is 10.3 Å². The zero-order chi connectivity index (χ0) is 18.9. The molecule has 3 rings (SSSR count). The van der Waals surface area contributed by atoms with E-state index in [-0.39, 0.29) is 11.5 Å². The van der Waals surface area contributed by atoms with Crippen LogP contribution in [0, 0.1) is 13.8 Å². The Kier molecular flexibility index (Phi) is 4.78. The summed E-state index contributed by atoms with van der Waals surface area (Å²) in [6, 6.07) is 12.7. The molecule has 0 atom stereocenters. The summed E-state index contributed by atoms with van der Waals surface area (Å²) < 4.78 is 1.25. The molecule has 0 aliphatic rings. The van der Waals surface area contributed by atoms with Crippen LogP contribution in [0.3, 0.4) is 0 Å². The van der Waals surface area contributed by atoms with Gasteiger partial charge < -0.3 is 5.32 Å². The Labute approximate surface area is 156 Å². The fourth-order valence-corrected chi connectivity index (χ4v) is 3.32. The van der Waals surface area contributed by atoms with E-state index in [9.17, 15) is 9.59 Å². The Hall–Kier alpha value is -2.73. The first-order chi connectivity index (χ1) is 12.3. The molecular weight excluding hydrogens is 346 g/mol. The van der Waals surface area contributed by atoms with Crippen molar-refractivity contribution in [1.29, 1.82) is 0 Å². The number of carbonyl (C=O) groups excluding carboxylic acids is 1. The third-order valence-corrected chi connectivity index (χ3v) is 5.40. The molecule has 1 amide bonds. The molecule has 0 bridgehead atoms. The maximum absolute atomic E-state index is 12.9. The van der Waals surface area contributed by atoms with E-state index < -0.39 is 5.54 Å². The number of nitrogens with one attached hydrogen (secondary N) is 1. The number of anilines is 1. The molecule has 0 unspecified atom stereocenters. The minimum absolute atomic E-state index is 0.288. The summed E-state index contributed by atoms with van der Waals surface area (Å²) in [7, 11) is 0. The lowest BCUT2D eigenvalue weighted by atomic mass is 10.0. The van der Waals surface area contributed by atoms with E-state index in [0.29, 0.717) is 5.69 Å². The van der Waals surface area contributed by atoms with Gasteiger partial charge in [0.25, 0.3) is 11.5 Å². The maximum atomic E-state index is 12.9. The molecule has 0 fully saturated rings. The van der Waals surface area contributed by atoms with Crippen LogP contribution in [0.1, 0.15) is 25.0 Å². The highest BCUT2D eigenvalue weighted by Crippen LogP contribution is 2.24. The second-order valence-electron chi connectivity index (χ2n) is 6.71. The van der Waals surface area contributed by atoms with Crippen LogP contribution in [0.5, 0.6) is 0 Å². The van der Waals surface area contributed by atoms with Gasteiger partial charge in [0.15, 0.2) is 0 Å². The molecule has 0 spiro atoms. The molecule has 134 valence electrons. The van der Waals surface area contributed by atoms with Gasteiger partial charge >= 0.3 is 0 Å². The van der Waals surface area contributed by atoms with E-state index >= 15 is 0 Å².